The summed E-state index contributed by atoms with van der Waals surface area (Å²) in [6, 6.07) is -0.177. The molecule has 19 heavy (non-hydrogen) atoms. The van der Waals surface area contributed by atoms with E-state index in [0.29, 0.717) is 24.7 Å². The second-order valence-electron chi connectivity index (χ2n) is 6.32. The van der Waals surface area contributed by atoms with E-state index in [1.165, 1.54) is 12.8 Å². The molecule has 0 bridgehead atoms. The Hall–Kier alpha value is -1.10. The third-order valence-corrected chi connectivity index (χ3v) is 5.26. The van der Waals surface area contributed by atoms with Crippen LogP contribution in [-0.2, 0) is 9.59 Å². The van der Waals surface area contributed by atoms with E-state index in [9.17, 15) is 14.7 Å². The fourth-order valence-corrected chi connectivity index (χ4v) is 4.16. The zero-order valence-corrected chi connectivity index (χ0v) is 11.2. The molecule has 3 rings (SSSR count). The molecule has 3 aliphatic rings. The lowest BCUT2D eigenvalue weighted by Gasteiger charge is -2.28. The van der Waals surface area contributed by atoms with Crippen molar-refractivity contribution in [3.05, 3.63) is 0 Å². The van der Waals surface area contributed by atoms with Crippen molar-refractivity contribution in [3.63, 3.8) is 0 Å². The zero-order valence-electron chi connectivity index (χ0n) is 11.2. The lowest BCUT2D eigenvalue weighted by atomic mass is 9.91. The number of hydrogen-bond donors (Lipinski definition) is 3. The van der Waals surface area contributed by atoms with Gasteiger partial charge in [-0.15, -0.1) is 0 Å². The number of carboxylic acids is 1. The molecule has 3 unspecified atom stereocenters. The maximum Gasteiger partial charge on any atom is 0.329 e. The number of aliphatic carboxylic acids is 1. The van der Waals surface area contributed by atoms with E-state index >= 15 is 0 Å². The van der Waals surface area contributed by atoms with Crippen LogP contribution in [-0.4, -0.2) is 35.1 Å². The van der Waals surface area contributed by atoms with Crippen LogP contribution in [0, 0.1) is 11.8 Å². The Morgan fingerprint density at radius 2 is 1.89 bits per heavy atom. The molecule has 106 valence electrons. The van der Waals surface area contributed by atoms with Crippen LogP contribution in [0.1, 0.15) is 44.9 Å². The van der Waals surface area contributed by atoms with Gasteiger partial charge in [0.05, 0.1) is 6.04 Å². The van der Waals surface area contributed by atoms with Gasteiger partial charge < -0.3 is 15.7 Å². The van der Waals surface area contributed by atoms with Crippen molar-refractivity contribution >= 4 is 11.9 Å². The Morgan fingerprint density at radius 3 is 2.58 bits per heavy atom. The molecule has 1 aliphatic heterocycles. The molecule has 5 heteroatoms. The van der Waals surface area contributed by atoms with Gasteiger partial charge >= 0.3 is 5.97 Å². The van der Waals surface area contributed by atoms with Crippen molar-refractivity contribution in [3.8, 4) is 0 Å². The third kappa shape index (κ3) is 2.14. The van der Waals surface area contributed by atoms with E-state index < -0.39 is 11.5 Å². The van der Waals surface area contributed by atoms with Gasteiger partial charge in [0.25, 0.3) is 0 Å². The molecule has 0 aromatic carbocycles. The number of nitrogens with one attached hydrogen (secondary N) is 2. The van der Waals surface area contributed by atoms with E-state index in [-0.39, 0.29) is 11.9 Å². The van der Waals surface area contributed by atoms with Crippen molar-refractivity contribution in [1.82, 2.24) is 10.6 Å². The molecule has 1 saturated heterocycles. The highest BCUT2D eigenvalue weighted by molar-refractivity contribution is 5.90. The first kappa shape index (κ1) is 12.9. The Kier molecular flexibility index (Phi) is 3.25. The first-order valence-corrected chi connectivity index (χ1v) is 7.41. The van der Waals surface area contributed by atoms with Crippen LogP contribution in [0.15, 0.2) is 0 Å². The third-order valence-electron chi connectivity index (χ3n) is 5.26. The number of rotatable bonds is 3. The predicted octanol–water partition coefficient (Wildman–Crippen LogP) is 0.888. The quantitative estimate of drug-likeness (QED) is 0.709. The monoisotopic (exact) mass is 266 g/mol. The lowest BCUT2D eigenvalue weighted by molar-refractivity contribution is -0.147. The van der Waals surface area contributed by atoms with Crippen molar-refractivity contribution in [2.75, 3.05) is 6.54 Å². The number of fused-ring (bicyclic) bond motifs is 1. The molecule has 5 nitrogen and oxygen atoms in total. The number of amides is 1. The van der Waals surface area contributed by atoms with E-state index in [1.54, 1.807) is 0 Å². The Bertz CT molecular complexity index is 390. The van der Waals surface area contributed by atoms with Crippen molar-refractivity contribution in [1.29, 1.82) is 0 Å². The predicted molar refractivity (Wildman–Crippen MR) is 69.6 cm³/mol. The molecular weight excluding hydrogens is 244 g/mol. The molecule has 0 aromatic rings. The highest BCUT2D eigenvalue weighted by Gasteiger charge is 2.47. The molecule has 0 spiro atoms. The summed E-state index contributed by atoms with van der Waals surface area (Å²) in [5.74, 6) is 0.0466. The normalized spacial score (nSPS) is 36.1. The molecule has 2 aliphatic carbocycles. The van der Waals surface area contributed by atoms with Crippen LogP contribution < -0.4 is 10.6 Å². The minimum Gasteiger partial charge on any atom is -0.480 e. The molecular formula is C14H22N2O3. The first-order valence-electron chi connectivity index (χ1n) is 7.41. The van der Waals surface area contributed by atoms with Gasteiger partial charge in [-0.25, -0.2) is 4.79 Å². The molecule has 3 atom stereocenters. The lowest BCUT2D eigenvalue weighted by Crippen LogP contribution is -2.57. The topological polar surface area (TPSA) is 78.4 Å². The Labute approximate surface area is 113 Å². The Morgan fingerprint density at radius 1 is 1.16 bits per heavy atom. The fourth-order valence-electron chi connectivity index (χ4n) is 4.16. The van der Waals surface area contributed by atoms with Crippen LogP contribution in [0.4, 0.5) is 0 Å². The minimum atomic E-state index is -1.00. The summed E-state index contributed by atoms with van der Waals surface area (Å²) in [6.07, 6.45) is 6.39. The second kappa shape index (κ2) is 4.78. The van der Waals surface area contributed by atoms with Gasteiger partial charge in [-0.05, 0) is 44.1 Å². The zero-order chi connectivity index (χ0) is 13.5. The summed E-state index contributed by atoms with van der Waals surface area (Å²) < 4.78 is 0. The molecule has 1 amide bonds. The SMILES string of the molecule is O=C(NC1(C(=O)O)CCCC1)C1NCC2CCCC21. The molecule has 2 saturated carbocycles. The summed E-state index contributed by atoms with van der Waals surface area (Å²) in [7, 11) is 0. The van der Waals surface area contributed by atoms with Crippen molar-refractivity contribution in [2.45, 2.75) is 56.5 Å². The smallest absolute Gasteiger partial charge is 0.329 e. The average Bonchev–Trinajstić information content (AvgIpc) is 3.03. The highest BCUT2D eigenvalue weighted by Crippen LogP contribution is 2.38. The van der Waals surface area contributed by atoms with Gasteiger partial charge in [0.15, 0.2) is 0 Å². The van der Waals surface area contributed by atoms with E-state index in [0.717, 1.165) is 25.8 Å². The number of carbonyl (C=O) groups excluding carboxylic acids is 1. The molecule has 3 N–H and O–H groups in total. The van der Waals surface area contributed by atoms with Gasteiger partial charge in [0, 0.05) is 0 Å². The number of carboxylic acid groups (broad SMARTS) is 1. The maximum absolute atomic E-state index is 12.4. The molecule has 0 aromatic heterocycles. The number of carbonyl (C=O) groups is 2. The molecule has 1 heterocycles. The molecule has 3 fully saturated rings. The average molecular weight is 266 g/mol. The first-order chi connectivity index (χ1) is 9.12. The summed E-state index contributed by atoms with van der Waals surface area (Å²) >= 11 is 0. The summed E-state index contributed by atoms with van der Waals surface area (Å²) in [5, 5.41) is 15.5. The van der Waals surface area contributed by atoms with E-state index in [1.807, 2.05) is 0 Å². The highest BCUT2D eigenvalue weighted by atomic mass is 16.4. The summed E-state index contributed by atoms with van der Waals surface area (Å²) in [6.45, 7) is 0.906. The maximum atomic E-state index is 12.4. The van der Waals surface area contributed by atoms with Gasteiger partial charge in [-0.1, -0.05) is 19.3 Å². The largest absolute Gasteiger partial charge is 0.480 e. The second-order valence-corrected chi connectivity index (χ2v) is 6.32. The standard InChI is InChI=1S/C14H22N2O3/c17-12(11-10-5-3-4-9(10)8-15-11)16-14(13(18)19)6-1-2-7-14/h9-11,15H,1-8H2,(H,16,17)(H,18,19). The van der Waals surface area contributed by atoms with Gasteiger partial charge in [-0.2, -0.15) is 0 Å². The van der Waals surface area contributed by atoms with Gasteiger partial charge in [-0.3, -0.25) is 4.79 Å². The van der Waals surface area contributed by atoms with E-state index in [4.69, 9.17) is 0 Å². The number of hydrogen-bond acceptors (Lipinski definition) is 3. The van der Waals surface area contributed by atoms with Crippen molar-refractivity contribution in [2.24, 2.45) is 11.8 Å². The van der Waals surface area contributed by atoms with Crippen LogP contribution in [0.5, 0.6) is 0 Å². The van der Waals surface area contributed by atoms with E-state index in [2.05, 4.69) is 10.6 Å². The minimum absolute atomic E-state index is 0.0984. The fraction of sp³-hybridized carbons (Fsp3) is 0.857. The van der Waals surface area contributed by atoms with Crippen LogP contribution in [0.2, 0.25) is 0 Å². The van der Waals surface area contributed by atoms with Crippen LogP contribution in [0.3, 0.4) is 0 Å². The van der Waals surface area contributed by atoms with Crippen molar-refractivity contribution < 1.29 is 14.7 Å². The van der Waals surface area contributed by atoms with Gasteiger partial charge in [0.2, 0.25) is 5.91 Å². The summed E-state index contributed by atoms with van der Waals surface area (Å²) in [5.41, 5.74) is -1.00. The molecule has 0 radical (unpaired) electrons. The van der Waals surface area contributed by atoms with Crippen LogP contribution >= 0.6 is 0 Å². The summed E-state index contributed by atoms with van der Waals surface area (Å²) in [4.78, 5) is 23.9. The Balaban J connectivity index is 1.69. The van der Waals surface area contributed by atoms with Crippen LogP contribution in [0.25, 0.3) is 0 Å². The van der Waals surface area contributed by atoms with Gasteiger partial charge in [0.1, 0.15) is 5.54 Å².